The van der Waals surface area contributed by atoms with Gasteiger partial charge in [0.1, 0.15) is 11.3 Å². The number of carbonyl (C=O) groups excluding carboxylic acids is 5. The van der Waals surface area contributed by atoms with Crippen LogP contribution in [0.4, 0.5) is 17.3 Å². The SMILES string of the molecule is CC(C)n1cnc2cc(-c3ccc4c(c3)N(C3CC(N5CCCCC5)C3)C(=O)C43CCN(C(=O)[C@H]4C[C@H]5C[C@@H]4CN5C(=O)C4CCN(c5ccc([C@H]6CCC(=O)NC6=O)cn5)CC4)CC3)nc(NC3CC3)c21. The van der Waals surface area contributed by atoms with Crippen LogP contribution in [0.15, 0.2) is 48.9 Å². The largest absolute Gasteiger partial charge is 0.366 e. The molecule has 8 fully saturated rings. The zero-order chi connectivity index (χ0) is 49.0. The molecule has 3 aromatic heterocycles. The maximum atomic E-state index is 15.3. The molecular weight excluding hydrogens is 907 g/mol. The zero-order valence-electron chi connectivity index (χ0n) is 41.9. The van der Waals surface area contributed by atoms with Gasteiger partial charge in [0, 0.05) is 98.6 Å². The van der Waals surface area contributed by atoms with E-state index in [1.807, 2.05) is 23.4 Å². The van der Waals surface area contributed by atoms with Gasteiger partial charge in [-0.2, -0.15) is 0 Å². The summed E-state index contributed by atoms with van der Waals surface area (Å²) in [6.07, 6.45) is 16.9. The van der Waals surface area contributed by atoms with Crippen molar-refractivity contribution in [3.05, 3.63) is 60.0 Å². The Morgan fingerprint density at radius 2 is 1.60 bits per heavy atom. The number of aromatic nitrogens is 4. The number of pyridine rings is 2. The third-order valence-corrected chi connectivity index (χ3v) is 18.7. The van der Waals surface area contributed by atoms with Crippen LogP contribution in [-0.4, -0.2) is 134 Å². The Kier molecular flexibility index (Phi) is 11.4. The third-order valence-electron chi connectivity index (χ3n) is 18.7. The van der Waals surface area contributed by atoms with Crippen LogP contribution in [0, 0.1) is 17.8 Å². The minimum Gasteiger partial charge on any atom is -0.366 e. The van der Waals surface area contributed by atoms with E-state index >= 15 is 4.79 Å². The molecular formula is C56H69N11O5. The molecule has 6 aliphatic heterocycles. The van der Waals surface area contributed by atoms with Crippen LogP contribution in [0.5, 0.6) is 0 Å². The van der Waals surface area contributed by atoms with Crippen molar-refractivity contribution in [1.29, 1.82) is 0 Å². The number of imidazole rings is 1. The number of piperidine rings is 5. The van der Waals surface area contributed by atoms with Crippen molar-refractivity contribution < 1.29 is 24.0 Å². The molecule has 72 heavy (non-hydrogen) atoms. The molecule has 9 aliphatic rings. The van der Waals surface area contributed by atoms with E-state index in [1.54, 1.807) is 6.20 Å². The van der Waals surface area contributed by atoms with Crippen LogP contribution in [0.1, 0.15) is 133 Å². The van der Waals surface area contributed by atoms with E-state index in [2.05, 4.69) is 77.9 Å². The van der Waals surface area contributed by atoms with E-state index in [-0.39, 0.29) is 71.3 Å². The Balaban J connectivity index is 0.672. The molecule has 16 heteroatoms. The smallest absolute Gasteiger partial charge is 0.238 e. The number of hydrogen-bond acceptors (Lipinski definition) is 11. The number of imide groups is 1. The maximum absolute atomic E-state index is 15.3. The molecule has 9 heterocycles. The number of nitrogens with one attached hydrogen (secondary N) is 2. The van der Waals surface area contributed by atoms with Crippen LogP contribution in [0.3, 0.4) is 0 Å². The van der Waals surface area contributed by atoms with Crippen LogP contribution in [0.25, 0.3) is 22.3 Å². The Morgan fingerprint density at radius 3 is 2.29 bits per heavy atom. The number of fused-ring (bicyclic) bond motifs is 5. The number of likely N-dealkylation sites (tertiary alicyclic amines) is 3. The molecule has 4 aromatic rings. The average molecular weight is 976 g/mol. The monoisotopic (exact) mass is 976 g/mol. The summed E-state index contributed by atoms with van der Waals surface area (Å²) in [5.41, 5.74) is 6.07. The van der Waals surface area contributed by atoms with Crippen molar-refractivity contribution in [3.63, 3.8) is 0 Å². The number of nitrogens with zero attached hydrogens (tertiary/aromatic N) is 9. The Hall–Kier alpha value is -5.90. The standard InChI is InChI=1S/C56H69N11O5/c1-33(2)66-32-58-46-29-45(60-51(50(46)66)59-38-8-9-38)35-6-11-44-47(25-35)67(41-26-39(27-41)62-18-4-3-5-19-62)55(72)56(44)16-22-64(23-17-56)54(71)43-28-40-24-37(43)31-65(40)53(70)34-14-20-63(21-15-34)48-12-7-36(30-57-48)42-10-13-49(68)61-52(42)69/h6-7,11-12,25,29-30,32-34,37-43H,3-5,8-10,13-24,26-28,31H2,1-2H3,(H,59,60)(H,61,68,69)/t37-,39?,40-,41?,42-,43+/m1/s1. The highest BCUT2D eigenvalue weighted by Crippen LogP contribution is 2.53. The summed E-state index contributed by atoms with van der Waals surface area (Å²) < 4.78 is 2.20. The highest BCUT2D eigenvalue weighted by molar-refractivity contribution is 6.09. The lowest BCUT2D eigenvalue weighted by atomic mass is 9.73. The topological polar surface area (TPSA) is 169 Å². The second kappa shape index (κ2) is 17.9. The van der Waals surface area contributed by atoms with Gasteiger partial charge in [-0.05, 0) is 146 Å². The van der Waals surface area contributed by atoms with Crippen molar-refractivity contribution in [1.82, 2.24) is 39.5 Å². The van der Waals surface area contributed by atoms with Gasteiger partial charge in [0.25, 0.3) is 0 Å². The first-order chi connectivity index (χ1) is 35.0. The first kappa shape index (κ1) is 45.9. The minimum atomic E-state index is -0.671. The van der Waals surface area contributed by atoms with Gasteiger partial charge in [-0.1, -0.05) is 24.6 Å². The van der Waals surface area contributed by atoms with E-state index in [9.17, 15) is 19.2 Å². The molecule has 16 nitrogen and oxygen atoms in total. The molecule has 2 N–H and O–H groups in total. The summed E-state index contributed by atoms with van der Waals surface area (Å²) in [6.45, 7) is 9.86. The van der Waals surface area contributed by atoms with Crippen LogP contribution in [-0.2, 0) is 29.4 Å². The van der Waals surface area contributed by atoms with Gasteiger partial charge in [0.05, 0.1) is 28.9 Å². The van der Waals surface area contributed by atoms with Gasteiger partial charge in [0.15, 0.2) is 5.82 Å². The molecule has 5 saturated heterocycles. The summed E-state index contributed by atoms with van der Waals surface area (Å²) in [4.78, 5) is 93.9. The quantitative estimate of drug-likeness (QED) is 0.166. The van der Waals surface area contributed by atoms with Crippen LogP contribution < -0.4 is 20.4 Å². The van der Waals surface area contributed by atoms with E-state index < -0.39 is 5.41 Å². The lowest BCUT2D eigenvalue weighted by molar-refractivity contribution is -0.145. The molecule has 3 aliphatic carbocycles. The Morgan fingerprint density at radius 1 is 0.806 bits per heavy atom. The molecule has 5 amide bonds. The van der Waals surface area contributed by atoms with Crippen molar-refractivity contribution >= 4 is 57.9 Å². The number of rotatable bonds is 10. The first-order valence-corrected chi connectivity index (χ1v) is 27.5. The molecule has 3 saturated carbocycles. The predicted molar refractivity (Wildman–Crippen MR) is 273 cm³/mol. The summed E-state index contributed by atoms with van der Waals surface area (Å²) in [7, 11) is 0. The fraction of sp³-hybridized carbons (Fsp3) is 0.607. The molecule has 0 unspecified atom stereocenters. The molecule has 4 atom stereocenters. The fourth-order valence-electron chi connectivity index (χ4n) is 14.3. The van der Waals surface area contributed by atoms with Gasteiger partial charge in [0.2, 0.25) is 29.5 Å². The maximum Gasteiger partial charge on any atom is 0.238 e. The molecule has 2 bridgehead atoms. The average Bonchev–Trinajstić information content (AvgIpc) is 3.65. The fourth-order valence-corrected chi connectivity index (χ4v) is 14.3. The number of benzene rings is 1. The Labute approximate surface area is 421 Å². The summed E-state index contributed by atoms with van der Waals surface area (Å²) in [6, 6.07) is 14.0. The normalized spacial score (nSPS) is 28.6. The number of anilines is 3. The lowest BCUT2D eigenvalue weighted by Gasteiger charge is -2.48. The van der Waals surface area contributed by atoms with Gasteiger partial charge >= 0.3 is 0 Å². The van der Waals surface area contributed by atoms with E-state index in [1.165, 1.54) is 19.3 Å². The van der Waals surface area contributed by atoms with Crippen molar-refractivity contribution in [2.75, 3.05) is 60.9 Å². The number of carbonyl (C=O) groups is 5. The van der Waals surface area contributed by atoms with Gasteiger partial charge in [-0.15, -0.1) is 0 Å². The van der Waals surface area contributed by atoms with Gasteiger partial charge in [-0.3, -0.25) is 29.3 Å². The molecule has 1 aromatic carbocycles. The third kappa shape index (κ3) is 7.87. The van der Waals surface area contributed by atoms with E-state index in [4.69, 9.17) is 9.97 Å². The second-order valence-electron chi connectivity index (χ2n) is 23.3. The van der Waals surface area contributed by atoms with Crippen LogP contribution in [0.2, 0.25) is 0 Å². The Bertz CT molecular complexity index is 2810. The van der Waals surface area contributed by atoms with E-state index in [0.717, 1.165) is 122 Å². The van der Waals surface area contributed by atoms with Gasteiger partial charge in [-0.25, -0.2) is 15.0 Å². The molecule has 1 spiro atoms. The van der Waals surface area contributed by atoms with Crippen molar-refractivity contribution in [2.24, 2.45) is 17.8 Å². The number of amides is 5. The summed E-state index contributed by atoms with van der Waals surface area (Å²) in [5.74, 6) is 1.51. The molecule has 0 radical (unpaired) electrons. The zero-order valence-corrected chi connectivity index (χ0v) is 41.9. The van der Waals surface area contributed by atoms with Crippen molar-refractivity contribution in [2.45, 2.75) is 152 Å². The highest BCUT2D eigenvalue weighted by atomic mass is 16.2. The van der Waals surface area contributed by atoms with Crippen LogP contribution >= 0.6 is 0 Å². The highest BCUT2D eigenvalue weighted by Gasteiger charge is 2.57. The lowest BCUT2D eigenvalue weighted by Crippen LogP contribution is -2.58. The predicted octanol–water partition coefficient (Wildman–Crippen LogP) is 6.55. The second-order valence-corrected chi connectivity index (χ2v) is 23.3. The first-order valence-electron chi connectivity index (χ1n) is 27.5. The molecule has 13 rings (SSSR count). The van der Waals surface area contributed by atoms with E-state index in [0.29, 0.717) is 63.8 Å². The van der Waals surface area contributed by atoms with Gasteiger partial charge < -0.3 is 34.4 Å². The van der Waals surface area contributed by atoms with Crippen molar-refractivity contribution in [3.8, 4) is 11.3 Å². The summed E-state index contributed by atoms with van der Waals surface area (Å²) in [5, 5.41) is 6.14. The summed E-state index contributed by atoms with van der Waals surface area (Å²) >= 11 is 0. The molecule has 378 valence electrons. The minimum absolute atomic E-state index is 0.0508. The number of hydrogen-bond donors (Lipinski definition) is 2.